The first-order valence-electron chi connectivity index (χ1n) is 19.8. The second-order valence-corrected chi connectivity index (χ2v) is 16.5. The number of aromatic nitrogens is 2. The van der Waals surface area contributed by atoms with Crippen LogP contribution in [0.3, 0.4) is 0 Å². The fraction of sp³-hybridized carbons (Fsp3) is 0.500. The van der Waals surface area contributed by atoms with Gasteiger partial charge in [-0.1, -0.05) is 50.8 Å². The van der Waals surface area contributed by atoms with Gasteiger partial charge in [-0.3, -0.25) is 14.4 Å². The van der Waals surface area contributed by atoms with Crippen molar-refractivity contribution >= 4 is 57.2 Å². The highest BCUT2D eigenvalue weighted by molar-refractivity contribution is 7.14. The molecule has 0 radical (unpaired) electrons. The van der Waals surface area contributed by atoms with Crippen molar-refractivity contribution in [1.82, 2.24) is 25.5 Å². The fourth-order valence-corrected chi connectivity index (χ4v) is 8.63. The summed E-state index contributed by atoms with van der Waals surface area (Å²) in [5, 5.41) is 21.5. The molecule has 0 spiro atoms. The number of thiazole rings is 1. The number of alkyl carbamates (subject to hydrolysis) is 1. The molecule has 2 saturated carbocycles. The number of rotatable bonds is 8. The topological polar surface area (TPSA) is 189 Å². The number of allylic oxidation sites excluding steroid dienone is 1. The van der Waals surface area contributed by atoms with Gasteiger partial charge in [-0.2, -0.15) is 0 Å². The van der Waals surface area contributed by atoms with Crippen molar-refractivity contribution in [3.63, 3.8) is 0 Å². The molecule has 4 amide bonds. The summed E-state index contributed by atoms with van der Waals surface area (Å²) in [5.74, 6) is 0.0668. The number of carboxylic acids is 1. The number of ether oxygens (including phenoxy) is 2. The SMILES string of the molecule is C#Cc1cccc2c(O[C@@H]3C[C@H]4C(=O)N[C@]5(C(=O)O)C[C@@H]5/C=C\CCCCC[C@H](NC(=O)OC5CCCC5)C(=O)N4C3)cc(-c3csc(NC(=O)C(C)C)n3)nc12. The molecule has 7 rings (SSSR count). The molecule has 1 saturated heterocycles. The number of hydrogen-bond acceptors (Lipinski definition) is 10. The van der Waals surface area contributed by atoms with Crippen molar-refractivity contribution in [2.24, 2.45) is 11.8 Å². The van der Waals surface area contributed by atoms with E-state index in [9.17, 15) is 29.1 Å². The minimum atomic E-state index is -1.48. The highest BCUT2D eigenvalue weighted by atomic mass is 32.1. The van der Waals surface area contributed by atoms with Crippen LogP contribution in [0.15, 0.2) is 41.8 Å². The third-order valence-electron chi connectivity index (χ3n) is 11.3. The number of anilines is 1. The monoisotopic (exact) mass is 796 g/mol. The molecule has 15 heteroatoms. The van der Waals surface area contributed by atoms with Crippen molar-refractivity contribution in [3.8, 4) is 29.5 Å². The molecule has 57 heavy (non-hydrogen) atoms. The van der Waals surface area contributed by atoms with Crippen LogP contribution in [-0.4, -0.2) is 86.1 Å². The average molecular weight is 797 g/mol. The second kappa shape index (κ2) is 16.9. The third-order valence-corrected chi connectivity index (χ3v) is 12.0. The van der Waals surface area contributed by atoms with Gasteiger partial charge < -0.3 is 35.4 Å². The summed E-state index contributed by atoms with van der Waals surface area (Å²) >= 11 is 1.25. The zero-order chi connectivity index (χ0) is 40.3. The van der Waals surface area contributed by atoms with E-state index in [-0.39, 0.29) is 43.2 Å². The van der Waals surface area contributed by atoms with E-state index in [0.717, 1.165) is 44.9 Å². The summed E-state index contributed by atoms with van der Waals surface area (Å²) < 4.78 is 12.4. The molecule has 0 bridgehead atoms. The molecule has 4 N–H and O–H groups in total. The van der Waals surface area contributed by atoms with Gasteiger partial charge in [-0.25, -0.2) is 19.6 Å². The summed E-state index contributed by atoms with van der Waals surface area (Å²) in [5.41, 5.74) is 0.437. The molecular formula is C42H48N6O8S. The number of carbonyl (C=O) groups excluding carboxylic acids is 4. The van der Waals surface area contributed by atoms with E-state index in [1.54, 1.807) is 37.4 Å². The molecule has 300 valence electrons. The van der Waals surface area contributed by atoms with Crippen molar-refractivity contribution < 1.29 is 38.6 Å². The lowest BCUT2D eigenvalue weighted by molar-refractivity contribution is -0.145. The second-order valence-electron chi connectivity index (χ2n) is 15.7. The maximum atomic E-state index is 14.6. The van der Waals surface area contributed by atoms with Crippen LogP contribution in [0.5, 0.6) is 5.75 Å². The van der Waals surface area contributed by atoms with Crippen molar-refractivity contribution in [3.05, 3.63) is 47.4 Å². The van der Waals surface area contributed by atoms with Gasteiger partial charge in [0.1, 0.15) is 41.3 Å². The number of nitrogens with zero attached hydrogens (tertiary/aromatic N) is 3. The van der Waals surface area contributed by atoms with E-state index in [4.69, 9.17) is 20.9 Å². The van der Waals surface area contributed by atoms with Crippen LogP contribution < -0.4 is 20.7 Å². The van der Waals surface area contributed by atoms with Crippen LogP contribution in [0.25, 0.3) is 22.3 Å². The zero-order valence-corrected chi connectivity index (χ0v) is 32.9. The van der Waals surface area contributed by atoms with Crippen molar-refractivity contribution in [1.29, 1.82) is 0 Å². The molecule has 3 aromatic rings. The van der Waals surface area contributed by atoms with Crippen LogP contribution in [0.1, 0.15) is 90.0 Å². The number of pyridine rings is 1. The highest BCUT2D eigenvalue weighted by Gasteiger charge is 2.61. The summed E-state index contributed by atoms with van der Waals surface area (Å²) in [7, 11) is 0. The minimum absolute atomic E-state index is 0.0216. The molecule has 1 aromatic carbocycles. The highest BCUT2D eigenvalue weighted by Crippen LogP contribution is 2.45. The maximum Gasteiger partial charge on any atom is 0.408 e. The van der Waals surface area contributed by atoms with Gasteiger partial charge in [-0.15, -0.1) is 17.8 Å². The Kier molecular flexibility index (Phi) is 11.8. The van der Waals surface area contributed by atoms with Gasteiger partial charge in [0, 0.05) is 35.1 Å². The minimum Gasteiger partial charge on any atom is -0.488 e. The van der Waals surface area contributed by atoms with E-state index in [2.05, 4.69) is 26.9 Å². The van der Waals surface area contributed by atoms with Gasteiger partial charge in [0.2, 0.25) is 17.7 Å². The molecule has 2 aliphatic heterocycles. The predicted octanol–water partition coefficient (Wildman–Crippen LogP) is 5.80. The van der Waals surface area contributed by atoms with Crippen LogP contribution in [-0.2, 0) is 23.9 Å². The lowest BCUT2D eigenvalue weighted by Crippen LogP contribution is -2.56. The Labute approximate surface area is 335 Å². The van der Waals surface area contributed by atoms with Gasteiger partial charge in [-0.05, 0) is 63.5 Å². The first-order valence-corrected chi connectivity index (χ1v) is 20.7. The average Bonchev–Trinajstić information content (AvgIpc) is 3.62. The number of carbonyl (C=O) groups is 5. The molecule has 0 unspecified atom stereocenters. The standard InChI is InChI=1S/C42H48N6O8S/c1-4-25-13-12-17-29-34(20-31(43-35(25)29)32-23-57-40(44-32)46-36(49)24(2)3)55-28-19-33-37(50)47-42(39(52)53)21-26(42)14-8-6-5-7-9-18-30(38(51)48(33)22-28)45-41(54)56-27-15-10-11-16-27/h1,8,12-14,17,20,23-24,26-28,30,33H,5-7,9-11,15-16,18-19,21-22H2,2-3H3,(H,45,54)(H,47,50)(H,52,53)(H,44,46,49)/b14-8-/t26-,28+,30-,33-,42+/m0/s1. The van der Waals surface area contributed by atoms with E-state index >= 15 is 0 Å². The van der Waals surface area contributed by atoms with Crippen LogP contribution in [0.4, 0.5) is 9.93 Å². The molecule has 14 nitrogen and oxygen atoms in total. The largest absolute Gasteiger partial charge is 0.488 e. The Morgan fingerprint density at radius 2 is 1.86 bits per heavy atom. The Morgan fingerprint density at radius 1 is 1.07 bits per heavy atom. The number of benzene rings is 1. The number of amides is 4. The normalized spacial score (nSPS) is 26.0. The molecule has 4 aliphatic rings. The quantitative estimate of drug-likeness (QED) is 0.160. The van der Waals surface area contributed by atoms with Crippen molar-refractivity contribution in [2.45, 2.75) is 114 Å². The first-order chi connectivity index (χ1) is 27.4. The van der Waals surface area contributed by atoms with Gasteiger partial charge in [0.05, 0.1) is 23.3 Å². The molecule has 3 fully saturated rings. The maximum absolute atomic E-state index is 14.6. The van der Waals surface area contributed by atoms with Crippen LogP contribution in [0, 0.1) is 24.2 Å². The lowest BCUT2D eigenvalue weighted by atomic mass is 10.0. The molecule has 2 aromatic heterocycles. The van der Waals surface area contributed by atoms with Crippen LogP contribution >= 0.6 is 11.3 Å². The summed E-state index contributed by atoms with van der Waals surface area (Å²) in [6.45, 7) is 3.56. The number of fused-ring (bicyclic) bond motifs is 3. The summed E-state index contributed by atoms with van der Waals surface area (Å²) in [4.78, 5) is 77.7. The molecule has 5 atom stereocenters. The van der Waals surface area contributed by atoms with Gasteiger partial charge in [0.25, 0.3) is 0 Å². The Morgan fingerprint density at radius 3 is 2.61 bits per heavy atom. The van der Waals surface area contributed by atoms with E-state index in [1.807, 2.05) is 18.2 Å². The number of hydrogen-bond donors (Lipinski definition) is 4. The smallest absolute Gasteiger partial charge is 0.408 e. The first kappa shape index (κ1) is 39.7. The summed E-state index contributed by atoms with van der Waals surface area (Å²) in [6.07, 6.45) is 15.2. The Balaban J connectivity index is 1.21. The number of aliphatic carboxylic acids is 1. The lowest BCUT2D eigenvalue weighted by Gasteiger charge is -2.29. The Bertz CT molecular complexity index is 2120. The molecule has 4 heterocycles. The molecular weight excluding hydrogens is 749 g/mol. The van der Waals surface area contributed by atoms with Gasteiger partial charge in [0.15, 0.2) is 5.13 Å². The number of terminal acetylenes is 1. The van der Waals surface area contributed by atoms with E-state index < -0.39 is 47.6 Å². The predicted molar refractivity (Wildman–Crippen MR) is 213 cm³/mol. The third kappa shape index (κ3) is 8.76. The van der Waals surface area contributed by atoms with Crippen molar-refractivity contribution in [2.75, 3.05) is 11.9 Å². The number of para-hydroxylation sites is 1. The number of carboxylic acid groups (broad SMARTS) is 1. The van der Waals surface area contributed by atoms with E-state index in [1.165, 1.54) is 16.2 Å². The Hall–Kier alpha value is -5.49. The number of nitrogens with one attached hydrogen (secondary N) is 3. The summed E-state index contributed by atoms with van der Waals surface area (Å²) in [6, 6.07) is 5.01. The van der Waals surface area contributed by atoms with Crippen LogP contribution in [0.2, 0.25) is 0 Å². The zero-order valence-electron chi connectivity index (χ0n) is 32.1. The van der Waals surface area contributed by atoms with E-state index in [0.29, 0.717) is 51.6 Å². The fourth-order valence-electron chi connectivity index (χ4n) is 7.92. The van der Waals surface area contributed by atoms with Gasteiger partial charge >= 0.3 is 12.1 Å². The molecule has 2 aliphatic carbocycles.